The lowest BCUT2D eigenvalue weighted by Gasteiger charge is -2.13. The van der Waals surface area contributed by atoms with Crippen LogP contribution in [0.1, 0.15) is 35.7 Å². The minimum Gasteiger partial charge on any atom is -0.322 e. The standard InChI is InChI=1S/C18H18N4O/c1-13(2)15-5-3-4-6-16(15)21-18(23)14-7-8-17(20-11-14)22-10-9-19-12-22/h3-13H,1-2H3,(H,21,23). The van der Waals surface area contributed by atoms with Gasteiger partial charge in [0.05, 0.1) is 5.56 Å². The van der Waals surface area contributed by atoms with Gasteiger partial charge in [-0.05, 0) is 29.7 Å². The highest BCUT2D eigenvalue weighted by Crippen LogP contribution is 2.24. The van der Waals surface area contributed by atoms with Crippen LogP contribution in [0.2, 0.25) is 0 Å². The molecule has 5 heteroatoms. The van der Waals surface area contributed by atoms with Crippen LogP contribution in [0.5, 0.6) is 0 Å². The average Bonchev–Trinajstić information content (AvgIpc) is 3.10. The van der Waals surface area contributed by atoms with Crippen LogP contribution in [0.25, 0.3) is 5.82 Å². The van der Waals surface area contributed by atoms with Gasteiger partial charge in [-0.1, -0.05) is 32.0 Å². The predicted octanol–water partition coefficient (Wildman–Crippen LogP) is 3.64. The van der Waals surface area contributed by atoms with Gasteiger partial charge >= 0.3 is 0 Å². The molecule has 23 heavy (non-hydrogen) atoms. The zero-order valence-corrected chi connectivity index (χ0v) is 13.1. The molecule has 1 amide bonds. The lowest BCUT2D eigenvalue weighted by Crippen LogP contribution is -2.14. The van der Waals surface area contributed by atoms with E-state index in [1.54, 1.807) is 41.6 Å². The number of hydrogen-bond acceptors (Lipinski definition) is 3. The second kappa shape index (κ2) is 6.44. The number of amides is 1. The number of carbonyl (C=O) groups excluding carboxylic acids is 1. The quantitative estimate of drug-likeness (QED) is 0.800. The summed E-state index contributed by atoms with van der Waals surface area (Å²) in [5.74, 6) is 0.901. The number of pyridine rings is 1. The number of hydrogen-bond donors (Lipinski definition) is 1. The maximum Gasteiger partial charge on any atom is 0.257 e. The van der Waals surface area contributed by atoms with Crippen molar-refractivity contribution in [2.24, 2.45) is 0 Å². The first kappa shape index (κ1) is 15.0. The van der Waals surface area contributed by atoms with E-state index in [1.165, 1.54) is 0 Å². The van der Waals surface area contributed by atoms with Gasteiger partial charge in [-0.3, -0.25) is 9.36 Å². The molecule has 0 spiro atoms. The molecule has 1 aromatic carbocycles. The second-order valence-electron chi connectivity index (χ2n) is 5.57. The van der Waals surface area contributed by atoms with E-state index >= 15 is 0 Å². The van der Waals surface area contributed by atoms with Crippen molar-refractivity contribution in [1.82, 2.24) is 14.5 Å². The van der Waals surface area contributed by atoms with Gasteiger partial charge < -0.3 is 5.32 Å². The van der Waals surface area contributed by atoms with Crippen LogP contribution in [0.4, 0.5) is 5.69 Å². The average molecular weight is 306 g/mol. The second-order valence-corrected chi connectivity index (χ2v) is 5.57. The van der Waals surface area contributed by atoms with Crippen LogP contribution in [-0.2, 0) is 0 Å². The molecule has 3 rings (SSSR count). The Kier molecular flexibility index (Phi) is 4.19. The SMILES string of the molecule is CC(C)c1ccccc1NC(=O)c1ccc(-n2ccnc2)nc1. The van der Waals surface area contributed by atoms with Gasteiger partial charge in [0, 0.05) is 24.3 Å². The van der Waals surface area contributed by atoms with E-state index in [2.05, 4.69) is 29.1 Å². The van der Waals surface area contributed by atoms with Gasteiger partial charge in [-0.2, -0.15) is 0 Å². The fourth-order valence-corrected chi connectivity index (χ4v) is 2.38. The predicted molar refractivity (Wildman–Crippen MR) is 89.8 cm³/mol. The van der Waals surface area contributed by atoms with Gasteiger partial charge in [0.2, 0.25) is 0 Å². The third-order valence-corrected chi connectivity index (χ3v) is 3.61. The minimum absolute atomic E-state index is 0.164. The molecular formula is C18H18N4O. The fourth-order valence-electron chi connectivity index (χ4n) is 2.38. The Hall–Kier alpha value is -2.95. The smallest absolute Gasteiger partial charge is 0.257 e. The third-order valence-electron chi connectivity index (χ3n) is 3.61. The van der Waals surface area contributed by atoms with Crippen molar-refractivity contribution in [1.29, 1.82) is 0 Å². The third kappa shape index (κ3) is 3.29. The van der Waals surface area contributed by atoms with Gasteiger partial charge in [-0.15, -0.1) is 0 Å². The van der Waals surface area contributed by atoms with E-state index in [0.29, 0.717) is 11.5 Å². The van der Waals surface area contributed by atoms with Crippen molar-refractivity contribution in [2.45, 2.75) is 19.8 Å². The number of aromatic nitrogens is 3. The Bertz CT molecular complexity index is 792. The van der Waals surface area contributed by atoms with Crippen LogP contribution in [0.3, 0.4) is 0 Å². The molecule has 0 aliphatic rings. The van der Waals surface area contributed by atoms with Crippen molar-refractivity contribution >= 4 is 11.6 Å². The summed E-state index contributed by atoms with van der Waals surface area (Å²) >= 11 is 0. The molecular weight excluding hydrogens is 288 g/mol. The van der Waals surface area contributed by atoms with E-state index in [4.69, 9.17) is 0 Å². The number of anilines is 1. The van der Waals surface area contributed by atoms with Gasteiger partial charge in [0.1, 0.15) is 12.1 Å². The highest BCUT2D eigenvalue weighted by molar-refractivity contribution is 6.04. The lowest BCUT2D eigenvalue weighted by atomic mass is 10.0. The zero-order chi connectivity index (χ0) is 16.2. The monoisotopic (exact) mass is 306 g/mol. The topological polar surface area (TPSA) is 59.8 Å². The molecule has 0 aliphatic heterocycles. The molecule has 0 saturated carbocycles. The molecule has 116 valence electrons. The Labute approximate surface area is 135 Å². The molecule has 0 fully saturated rings. The molecule has 2 aromatic heterocycles. The van der Waals surface area contributed by atoms with Crippen molar-refractivity contribution in [3.05, 3.63) is 72.4 Å². The molecule has 5 nitrogen and oxygen atoms in total. The van der Waals surface area contributed by atoms with Crippen molar-refractivity contribution < 1.29 is 4.79 Å². The highest BCUT2D eigenvalue weighted by Gasteiger charge is 2.11. The maximum absolute atomic E-state index is 12.4. The Morgan fingerprint density at radius 2 is 2.00 bits per heavy atom. The summed E-state index contributed by atoms with van der Waals surface area (Å²) in [7, 11) is 0. The summed E-state index contributed by atoms with van der Waals surface area (Å²) in [5.41, 5.74) is 2.47. The van der Waals surface area contributed by atoms with Gasteiger partial charge in [0.25, 0.3) is 5.91 Å². The Balaban J connectivity index is 1.79. The molecule has 0 unspecified atom stereocenters. The van der Waals surface area contributed by atoms with Crippen LogP contribution in [0.15, 0.2) is 61.3 Å². The molecule has 1 N–H and O–H groups in total. The maximum atomic E-state index is 12.4. The van der Waals surface area contributed by atoms with Crippen LogP contribution >= 0.6 is 0 Å². The normalized spacial score (nSPS) is 10.7. The van der Waals surface area contributed by atoms with Gasteiger partial charge in [0.15, 0.2) is 0 Å². The molecule has 0 saturated heterocycles. The molecule has 0 atom stereocenters. The number of imidazole rings is 1. The van der Waals surface area contributed by atoms with Gasteiger partial charge in [-0.25, -0.2) is 9.97 Å². The molecule has 3 aromatic rings. The highest BCUT2D eigenvalue weighted by atomic mass is 16.1. The Morgan fingerprint density at radius 1 is 1.17 bits per heavy atom. The molecule has 0 radical (unpaired) electrons. The fraction of sp³-hybridized carbons (Fsp3) is 0.167. The summed E-state index contributed by atoms with van der Waals surface area (Å²) < 4.78 is 1.79. The van der Waals surface area contributed by atoms with Crippen molar-refractivity contribution in [2.75, 3.05) is 5.32 Å². The molecule has 0 bridgehead atoms. The number of rotatable bonds is 4. The molecule has 2 heterocycles. The van der Waals surface area contributed by atoms with E-state index in [9.17, 15) is 4.79 Å². The largest absolute Gasteiger partial charge is 0.322 e. The van der Waals surface area contributed by atoms with Crippen molar-refractivity contribution in [3.8, 4) is 5.82 Å². The van der Waals surface area contributed by atoms with Crippen LogP contribution in [-0.4, -0.2) is 20.4 Å². The summed E-state index contributed by atoms with van der Waals surface area (Å²) in [6, 6.07) is 11.4. The van der Waals surface area contributed by atoms with Crippen LogP contribution in [0, 0.1) is 0 Å². The van der Waals surface area contributed by atoms with E-state index in [0.717, 1.165) is 17.1 Å². The first-order chi connectivity index (χ1) is 11.1. The number of nitrogens with one attached hydrogen (secondary N) is 1. The summed E-state index contributed by atoms with van der Waals surface area (Å²) in [4.78, 5) is 20.7. The number of benzene rings is 1. The van der Waals surface area contributed by atoms with Crippen LogP contribution < -0.4 is 5.32 Å². The number of nitrogens with zero attached hydrogens (tertiary/aromatic N) is 3. The molecule has 0 aliphatic carbocycles. The first-order valence-corrected chi connectivity index (χ1v) is 7.50. The lowest BCUT2D eigenvalue weighted by molar-refractivity contribution is 0.102. The first-order valence-electron chi connectivity index (χ1n) is 7.50. The van der Waals surface area contributed by atoms with E-state index in [1.807, 2.05) is 24.3 Å². The van der Waals surface area contributed by atoms with E-state index in [-0.39, 0.29) is 5.91 Å². The minimum atomic E-state index is -0.164. The zero-order valence-electron chi connectivity index (χ0n) is 13.1. The number of carbonyl (C=O) groups is 1. The van der Waals surface area contributed by atoms with E-state index < -0.39 is 0 Å². The summed E-state index contributed by atoms with van der Waals surface area (Å²) in [6.45, 7) is 4.21. The van der Waals surface area contributed by atoms with Crippen molar-refractivity contribution in [3.63, 3.8) is 0 Å². The Morgan fingerprint density at radius 3 is 2.65 bits per heavy atom. The summed E-state index contributed by atoms with van der Waals surface area (Å²) in [6.07, 6.45) is 6.73. The summed E-state index contributed by atoms with van der Waals surface area (Å²) in [5, 5.41) is 2.96. The number of para-hydroxylation sites is 1.